The van der Waals surface area contributed by atoms with Gasteiger partial charge in [-0.15, -0.1) is 10.2 Å². The fraction of sp³-hybridized carbons (Fsp3) is 0.0968. The molecule has 4 aromatic carbocycles. The van der Waals surface area contributed by atoms with E-state index >= 15 is 0 Å². The van der Waals surface area contributed by atoms with E-state index < -0.39 is 62.4 Å². The zero-order valence-electron chi connectivity index (χ0n) is 27.1. The minimum atomic E-state index is -5.06. The van der Waals surface area contributed by atoms with Crippen molar-refractivity contribution in [2.75, 3.05) is 29.6 Å². The summed E-state index contributed by atoms with van der Waals surface area (Å²) in [4.78, 5) is 34.6. The van der Waals surface area contributed by atoms with Crippen molar-refractivity contribution in [1.29, 1.82) is 0 Å². The number of benzene rings is 4. The van der Waals surface area contributed by atoms with Gasteiger partial charge < -0.3 is 15.5 Å². The Bertz CT molecular complexity index is 2600. The van der Waals surface area contributed by atoms with Crippen molar-refractivity contribution in [3.63, 3.8) is 0 Å². The number of aryl methyl sites for hydroxylation is 1. The summed E-state index contributed by atoms with van der Waals surface area (Å²) in [5.41, 5.74) is -0.216. The molecule has 1 aromatic heterocycles. The van der Waals surface area contributed by atoms with E-state index in [-0.39, 0.29) is 34.1 Å². The molecular weight excluding hydrogens is 743 g/mol. The summed E-state index contributed by atoms with van der Waals surface area (Å²) in [6.45, 7) is 1.65. The van der Waals surface area contributed by atoms with Gasteiger partial charge in [0.15, 0.2) is 5.82 Å². The molecule has 21 heteroatoms. The molecule has 0 saturated carbocycles. The van der Waals surface area contributed by atoms with Crippen molar-refractivity contribution >= 4 is 81.6 Å². The number of hydrogen-bond acceptors (Lipinski definition) is 13. The highest BCUT2D eigenvalue weighted by Gasteiger charge is 2.24. The van der Waals surface area contributed by atoms with Gasteiger partial charge in [0, 0.05) is 30.6 Å². The van der Waals surface area contributed by atoms with Crippen molar-refractivity contribution in [1.82, 2.24) is 9.97 Å². The second kappa shape index (κ2) is 14.1. The van der Waals surface area contributed by atoms with Gasteiger partial charge in [-0.25, -0.2) is 9.97 Å². The number of nitrogens with one attached hydrogen (secondary N) is 2. The first kappa shape index (κ1) is 37.5. The van der Waals surface area contributed by atoms with Crippen LogP contribution in [0.3, 0.4) is 0 Å². The summed E-state index contributed by atoms with van der Waals surface area (Å²) in [6.07, 6.45) is 0. The summed E-state index contributed by atoms with van der Waals surface area (Å²) in [5.74, 6) is -1.41. The van der Waals surface area contributed by atoms with E-state index in [0.29, 0.717) is 34.9 Å². The van der Waals surface area contributed by atoms with Gasteiger partial charge in [-0.1, -0.05) is 18.2 Å². The summed E-state index contributed by atoms with van der Waals surface area (Å²) < 4.78 is 99.6. The highest BCUT2D eigenvalue weighted by molar-refractivity contribution is 7.86. The molecule has 0 bridgehead atoms. The van der Waals surface area contributed by atoms with E-state index in [1.165, 1.54) is 43.3 Å². The van der Waals surface area contributed by atoms with Gasteiger partial charge in [-0.2, -0.15) is 25.3 Å². The number of nitrogens with zero attached hydrogens (tertiary/aromatic N) is 5. The van der Waals surface area contributed by atoms with E-state index in [2.05, 4.69) is 30.8 Å². The molecule has 5 rings (SSSR count). The molecule has 0 fully saturated rings. The van der Waals surface area contributed by atoms with Gasteiger partial charge in [0.1, 0.15) is 5.82 Å². The Balaban J connectivity index is 1.66. The maximum Gasteiger partial charge on any atom is 0.294 e. The van der Waals surface area contributed by atoms with E-state index in [1.54, 1.807) is 31.2 Å². The molecule has 1 heterocycles. The average Bonchev–Trinajstić information content (AvgIpc) is 3.05. The predicted octanol–water partition coefficient (Wildman–Crippen LogP) is 4.66. The smallest absolute Gasteiger partial charge is 0.294 e. The molecule has 0 aliphatic rings. The number of azo groups is 1. The zero-order valence-corrected chi connectivity index (χ0v) is 29.5. The van der Waals surface area contributed by atoms with Gasteiger partial charge in [-0.3, -0.25) is 23.2 Å². The normalized spacial score (nSPS) is 12.2. The average molecular weight is 770 g/mol. The largest absolute Gasteiger partial charge is 0.374 e. The van der Waals surface area contributed by atoms with Gasteiger partial charge in [0.05, 0.1) is 43.0 Å². The first-order valence-electron chi connectivity index (χ1n) is 14.5. The summed E-state index contributed by atoms with van der Waals surface area (Å²) in [6, 6.07) is 16.0. The maximum atomic E-state index is 13.6. The van der Waals surface area contributed by atoms with Crippen LogP contribution in [0, 0.1) is 6.92 Å². The third kappa shape index (κ3) is 8.59. The monoisotopic (exact) mass is 769 g/mol. The van der Waals surface area contributed by atoms with Crippen LogP contribution in [-0.4, -0.2) is 74.8 Å². The van der Waals surface area contributed by atoms with Crippen molar-refractivity contribution in [3.05, 3.63) is 95.8 Å². The topological polar surface area (TPSA) is 275 Å². The predicted molar refractivity (Wildman–Crippen MR) is 187 cm³/mol. The lowest BCUT2D eigenvalue weighted by molar-refractivity contribution is 0.101. The van der Waals surface area contributed by atoms with Crippen molar-refractivity contribution in [2.45, 2.75) is 21.6 Å². The highest BCUT2D eigenvalue weighted by atomic mass is 32.2. The fourth-order valence-electron chi connectivity index (χ4n) is 4.89. The molecule has 52 heavy (non-hydrogen) atoms. The standard InChI is InChI=1S/C31H27N7O11S3/c1-17-32-25-10-5-4-9-24(25)29(33-17)37-36-20-14-26(34-30(39)18-7-6-8-21(11-18)50(41,42)43)28(38(2)3)27(15-20)35-31(40)19-12-22(51(44,45)46)16-23(13-19)52(47,48)49/h4-16H,1-3H3,(H,34,39)(H,35,40)(H,41,42,43)(H,44,45,46)(H,47,48,49). The molecule has 2 amide bonds. The summed E-state index contributed by atoms with van der Waals surface area (Å²) >= 11 is 0. The lowest BCUT2D eigenvalue weighted by atomic mass is 10.1. The van der Waals surface area contributed by atoms with Gasteiger partial charge in [0.25, 0.3) is 42.2 Å². The lowest BCUT2D eigenvalue weighted by Gasteiger charge is -2.23. The number of carbonyl (C=O) groups is 2. The Hall–Kier alpha value is -5.71. The van der Waals surface area contributed by atoms with Crippen LogP contribution in [0.2, 0.25) is 0 Å². The third-order valence-corrected chi connectivity index (χ3v) is 9.64. The quantitative estimate of drug-likeness (QED) is 0.0954. The lowest BCUT2D eigenvalue weighted by Crippen LogP contribution is -2.21. The molecule has 5 N–H and O–H groups in total. The van der Waals surface area contributed by atoms with Crippen LogP contribution in [0.15, 0.2) is 104 Å². The van der Waals surface area contributed by atoms with Crippen LogP contribution >= 0.6 is 0 Å². The molecule has 0 atom stereocenters. The Morgan fingerprint density at radius 3 is 1.75 bits per heavy atom. The van der Waals surface area contributed by atoms with Crippen molar-refractivity contribution in [3.8, 4) is 0 Å². The summed E-state index contributed by atoms with van der Waals surface area (Å²) in [7, 11) is -11.7. The molecule has 0 radical (unpaired) electrons. The number of carbonyl (C=O) groups excluding carboxylic acids is 2. The van der Waals surface area contributed by atoms with Crippen molar-refractivity contribution < 1.29 is 48.5 Å². The number of hydrogen-bond donors (Lipinski definition) is 5. The number of rotatable bonds is 10. The maximum absolute atomic E-state index is 13.6. The minimum Gasteiger partial charge on any atom is -0.374 e. The molecule has 5 aromatic rings. The number of para-hydroxylation sites is 1. The van der Waals surface area contributed by atoms with Gasteiger partial charge >= 0.3 is 0 Å². The van der Waals surface area contributed by atoms with Crippen LogP contribution < -0.4 is 15.5 Å². The van der Waals surface area contributed by atoms with E-state index in [0.717, 1.165) is 12.1 Å². The molecule has 0 aliphatic heterocycles. The van der Waals surface area contributed by atoms with Crippen molar-refractivity contribution in [2.24, 2.45) is 10.2 Å². The Kier molecular flexibility index (Phi) is 10.2. The van der Waals surface area contributed by atoms with Gasteiger partial charge in [-0.05, 0) is 67.6 Å². The van der Waals surface area contributed by atoms with E-state index in [1.807, 2.05) is 0 Å². The third-order valence-electron chi connectivity index (χ3n) is 7.13. The molecular formula is C31H27N7O11S3. The van der Waals surface area contributed by atoms with Crippen LogP contribution in [0.4, 0.5) is 28.6 Å². The Labute approximate surface area is 296 Å². The van der Waals surface area contributed by atoms with Crippen LogP contribution in [0.25, 0.3) is 10.9 Å². The van der Waals surface area contributed by atoms with Crippen LogP contribution in [0.1, 0.15) is 26.5 Å². The number of amides is 2. The van der Waals surface area contributed by atoms with E-state index in [4.69, 9.17) is 0 Å². The molecule has 270 valence electrons. The van der Waals surface area contributed by atoms with E-state index in [9.17, 15) is 48.5 Å². The number of anilines is 3. The molecule has 18 nitrogen and oxygen atoms in total. The summed E-state index contributed by atoms with van der Waals surface area (Å²) in [5, 5.41) is 14.2. The fourth-order valence-corrected chi connectivity index (χ4v) is 6.60. The SMILES string of the molecule is Cc1nc(N=Nc2cc(NC(=O)c3cccc(S(=O)(=O)O)c3)c(N(C)C)c(NC(=O)c3cc(S(=O)(=O)O)cc(S(=O)(=O)O)c3)c2)c2ccccc2n1. The van der Waals surface area contributed by atoms with Gasteiger partial charge in [0.2, 0.25) is 0 Å². The van der Waals surface area contributed by atoms with Crippen LogP contribution in [-0.2, 0) is 30.4 Å². The Morgan fingerprint density at radius 2 is 1.19 bits per heavy atom. The highest BCUT2D eigenvalue weighted by Crippen LogP contribution is 2.39. The molecule has 0 unspecified atom stereocenters. The number of aromatic nitrogens is 2. The second-order valence-electron chi connectivity index (χ2n) is 11.1. The first-order chi connectivity index (χ1) is 24.2. The molecule has 0 spiro atoms. The Morgan fingerprint density at radius 1 is 0.654 bits per heavy atom. The van der Waals surface area contributed by atoms with Crippen LogP contribution in [0.5, 0.6) is 0 Å². The second-order valence-corrected chi connectivity index (χ2v) is 15.4. The molecule has 0 saturated heterocycles. The molecule has 0 aliphatic carbocycles. The number of fused-ring (bicyclic) bond motifs is 1. The minimum absolute atomic E-state index is 0.00791. The first-order valence-corrected chi connectivity index (χ1v) is 18.8. The zero-order chi connectivity index (χ0) is 38.2.